The molecule has 0 radical (unpaired) electrons. The summed E-state index contributed by atoms with van der Waals surface area (Å²) in [7, 11) is 1.65. The fourth-order valence-electron chi connectivity index (χ4n) is 2.96. The van der Waals surface area contributed by atoms with Crippen LogP contribution in [-0.4, -0.2) is 34.3 Å². The van der Waals surface area contributed by atoms with Gasteiger partial charge in [0.15, 0.2) is 0 Å². The van der Waals surface area contributed by atoms with Gasteiger partial charge in [-0.05, 0) is 37.0 Å². The number of carbonyl (C=O) groups is 1. The average Bonchev–Trinajstić information content (AvgIpc) is 3.06. The lowest BCUT2D eigenvalue weighted by Gasteiger charge is -2.32. The summed E-state index contributed by atoms with van der Waals surface area (Å²) >= 11 is 0. The summed E-state index contributed by atoms with van der Waals surface area (Å²) in [4.78, 5) is 18.4. The molecule has 1 aromatic heterocycles. The predicted octanol–water partition coefficient (Wildman–Crippen LogP) is 1.96. The van der Waals surface area contributed by atoms with Crippen LogP contribution in [0.1, 0.15) is 24.0 Å². The Kier molecular flexibility index (Phi) is 4.09. The van der Waals surface area contributed by atoms with Gasteiger partial charge in [0.05, 0.1) is 19.3 Å². The molecule has 1 aliphatic rings. The largest absolute Gasteiger partial charge is 0.495 e. The Morgan fingerprint density at radius 2 is 2.27 bits per heavy atom. The molecule has 3 rings (SSSR count). The molecule has 0 atom stereocenters. The van der Waals surface area contributed by atoms with Gasteiger partial charge in [-0.1, -0.05) is 6.07 Å². The summed E-state index contributed by atoms with van der Waals surface area (Å²) in [5.74, 6) is 0.870. The van der Waals surface area contributed by atoms with Crippen LogP contribution in [0.25, 0.3) is 0 Å². The van der Waals surface area contributed by atoms with Gasteiger partial charge in [-0.2, -0.15) is 5.10 Å². The monoisotopic (exact) mass is 300 g/mol. The molecule has 22 heavy (non-hydrogen) atoms. The predicted molar refractivity (Wildman–Crippen MR) is 83.0 cm³/mol. The van der Waals surface area contributed by atoms with Crippen LogP contribution in [0.3, 0.4) is 0 Å². The number of rotatable bonds is 4. The van der Waals surface area contributed by atoms with E-state index in [2.05, 4.69) is 23.1 Å². The Balaban J connectivity index is 1.84. The SMILES string of the molecule is COc1ccc(C)c2c1N(C(=O)CCn1cncn1)CCC2. The van der Waals surface area contributed by atoms with Gasteiger partial charge in [0.1, 0.15) is 18.4 Å². The number of fused-ring (bicyclic) bond motifs is 1. The lowest BCUT2D eigenvalue weighted by molar-refractivity contribution is -0.119. The van der Waals surface area contributed by atoms with Crippen molar-refractivity contribution in [3.8, 4) is 5.75 Å². The highest BCUT2D eigenvalue weighted by Crippen LogP contribution is 2.38. The van der Waals surface area contributed by atoms with Crippen molar-refractivity contribution in [2.75, 3.05) is 18.6 Å². The Bertz CT molecular complexity index is 667. The van der Waals surface area contributed by atoms with Gasteiger partial charge in [0, 0.05) is 13.0 Å². The van der Waals surface area contributed by atoms with Gasteiger partial charge in [0.2, 0.25) is 5.91 Å². The lowest BCUT2D eigenvalue weighted by atomic mass is 9.96. The van der Waals surface area contributed by atoms with Crippen molar-refractivity contribution in [3.05, 3.63) is 35.9 Å². The zero-order valence-electron chi connectivity index (χ0n) is 13.0. The number of anilines is 1. The minimum absolute atomic E-state index is 0.0975. The van der Waals surface area contributed by atoms with Crippen molar-refractivity contribution < 1.29 is 9.53 Å². The van der Waals surface area contributed by atoms with Crippen molar-refractivity contribution >= 4 is 11.6 Å². The topological polar surface area (TPSA) is 60.2 Å². The van der Waals surface area contributed by atoms with Crippen LogP contribution in [-0.2, 0) is 17.8 Å². The molecule has 1 aliphatic heterocycles. The van der Waals surface area contributed by atoms with E-state index in [-0.39, 0.29) is 5.91 Å². The molecular weight excluding hydrogens is 280 g/mol. The van der Waals surface area contributed by atoms with Crippen molar-refractivity contribution in [3.63, 3.8) is 0 Å². The highest BCUT2D eigenvalue weighted by molar-refractivity contribution is 5.96. The van der Waals surface area contributed by atoms with E-state index in [1.165, 1.54) is 17.5 Å². The van der Waals surface area contributed by atoms with Crippen molar-refractivity contribution in [1.29, 1.82) is 0 Å². The second-order valence-electron chi connectivity index (χ2n) is 5.47. The molecule has 0 N–H and O–H groups in total. The summed E-state index contributed by atoms with van der Waals surface area (Å²) in [6.45, 7) is 3.36. The van der Waals surface area contributed by atoms with Gasteiger partial charge in [0.25, 0.3) is 0 Å². The average molecular weight is 300 g/mol. The molecule has 0 saturated heterocycles. The Labute approximate surface area is 129 Å². The number of carbonyl (C=O) groups excluding carboxylic acids is 1. The van der Waals surface area contributed by atoms with Gasteiger partial charge < -0.3 is 9.64 Å². The fourth-order valence-corrected chi connectivity index (χ4v) is 2.96. The number of hydrogen-bond donors (Lipinski definition) is 0. The second kappa shape index (κ2) is 6.17. The van der Waals surface area contributed by atoms with Crippen molar-refractivity contribution in [2.45, 2.75) is 32.7 Å². The second-order valence-corrected chi connectivity index (χ2v) is 5.47. The van der Waals surface area contributed by atoms with Crippen LogP contribution in [0.2, 0.25) is 0 Å². The van der Waals surface area contributed by atoms with Gasteiger partial charge in [-0.25, -0.2) is 4.98 Å². The molecule has 6 heteroatoms. The number of aryl methyl sites for hydroxylation is 2. The van der Waals surface area contributed by atoms with Crippen molar-refractivity contribution in [1.82, 2.24) is 14.8 Å². The number of aromatic nitrogens is 3. The van der Waals surface area contributed by atoms with E-state index in [4.69, 9.17) is 4.74 Å². The van der Waals surface area contributed by atoms with Gasteiger partial charge in [-0.3, -0.25) is 9.48 Å². The maximum atomic E-state index is 12.6. The van der Waals surface area contributed by atoms with Crippen molar-refractivity contribution in [2.24, 2.45) is 0 Å². The van der Waals surface area contributed by atoms with E-state index in [1.54, 1.807) is 18.1 Å². The quantitative estimate of drug-likeness (QED) is 0.866. The van der Waals surface area contributed by atoms with E-state index < -0.39 is 0 Å². The zero-order chi connectivity index (χ0) is 15.5. The molecule has 0 aliphatic carbocycles. The van der Waals surface area contributed by atoms with Crippen LogP contribution in [0.4, 0.5) is 5.69 Å². The van der Waals surface area contributed by atoms with E-state index in [9.17, 15) is 4.79 Å². The molecule has 116 valence electrons. The zero-order valence-corrected chi connectivity index (χ0v) is 13.0. The first-order valence-corrected chi connectivity index (χ1v) is 7.50. The van der Waals surface area contributed by atoms with Crippen LogP contribution in [0, 0.1) is 6.92 Å². The third-order valence-corrected chi connectivity index (χ3v) is 4.10. The Morgan fingerprint density at radius 1 is 1.41 bits per heavy atom. The molecule has 0 unspecified atom stereocenters. The molecule has 1 aromatic carbocycles. The first-order chi connectivity index (χ1) is 10.7. The summed E-state index contributed by atoms with van der Waals surface area (Å²) in [5, 5.41) is 4.04. The Hall–Kier alpha value is -2.37. The first-order valence-electron chi connectivity index (χ1n) is 7.50. The minimum atomic E-state index is 0.0975. The Morgan fingerprint density at radius 3 is 3.00 bits per heavy atom. The van der Waals surface area contributed by atoms with E-state index >= 15 is 0 Å². The molecule has 1 amide bonds. The molecule has 0 fully saturated rings. The third kappa shape index (κ3) is 2.68. The standard InChI is InChI=1S/C16H20N4O2/c1-12-5-6-14(22-2)16-13(12)4-3-8-20(16)15(21)7-9-19-11-17-10-18-19/h5-6,10-11H,3-4,7-9H2,1-2H3. The molecular formula is C16H20N4O2. The number of nitrogens with zero attached hydrogens (tertiary/aromatic N) is 4. The lowest BCUT2D eigenvalue weighted by Crippen LogP contribution is -2.36. The molecule has 6 nitrogen and oxygen atoms in total. The minimum Gasteiger partial charge on any atom is -0.495 e. The summed E-state index contributed by atoms with van der Waals surface area (Å²) < 4.78 is 7.15. The fraction of sp³-hybridized carbons (Fsp3) is 0.438. The molecule has 2 aromatic rings. The van der Waals surface area contributed by atoms with Crippen LogP contribution in [0.15, 0.2) is 24.8 Å². The van der Waals surface area contributed by atoms with E-state index in [0.717, 1.165) is 30.8 Å². The number of hydrogen-bond acceptors (Lipinski definition) is 4. The van der Waals surface area contributed by atoms with E-state index in [1.807, 2.05) is 11.0 Å². The maximum absolute atomic E-state index is 12.6. The van der Waals surface area contributed by atoms with Crippen LogP contribution in [0.5, 0.6) is 5.75 Å². The number of benzene rings is 1. The highest BCUT2D eigenvalue weighted by Gasteiger charge is 2.26. The maximum Gasteiger partial charge on any atom is 0.228 e. The number of ether oxygens (including phenoxy) is 1. The summed E-state index contributed by atoms with van der Waals surface area (Å²) in [5.41, 5.74) is 3.38. The van der Waals surface area contributed by atoms with Gasteiger partial charge in [-0.15, -0.1) is 0 Å². The highest BCUT2D eigenvalue weighted by atomic mass is 16.5. The number of amides is 1. The van der Waals surface area contributed by atoms with Crippen LogP contribution < -0.4 is 9.64 Å². The molecule has 0 bridgehead atoms. The third-order valence-electron chi connectivity index (χ3n) is 4.10. The van der Waals surface area contributed by atoms with E-state index in [0.29, 0.717) is 13.0 Å². The normalized spacial score (nSPS) is 13.8. The summed E-state index contributed by atoms with van der Waals surface area (Å²) in [6.07, 6.45) is 5.48. The molecule has 0 saturated carbocycles. The van der Waals surface area contributed by atoms with Crippen LogP contribution >= 0.6 is 0 Å². The molecule has 0 spiro atoms. The number of methoxy groups -OCH3 is 1. The smallest absolute Gasteiger partial charge is 0.228 e. The summed E-state index contributed by atoms with van der Waals surface area (Å²) in [6, 6.07) is 4.00. The molecule has 2 heterocycles. The first kappa shape index (κ1) is 14.6. The van der Waals surface area contributed by atoms with Gasteiger partial charge >= 0.3 is 0 Å².